The zero-order valence-electron chi connectivity index (χ0n) is 13.7. The molecule has 21 heavy (non-hydrogen) atoms. The molecule has 1 amide bonds. The van der Waals surface area contributed by atoms with Gasteiger partial charge < -0.3 is 13.8 Å². The summed E-state index contributed by atoms with van der Waals surface area (Å²) in [6.07, 6.45) is 0.388. The van der Waals surface area contributed by atoms with Crippen LogP contribution in [-0.2, 0) is 18.4 Å². The fourth-order valence-electron chi connectivity index (χ4n) is 2.33. The van der Waals surface area contributed by atoms with E-state index in [2.05, 4.69) is 19.6 Å². The number of alkyl halides is 1. The Morgan fingerprint density at radius 2 is 1.71 bits per heavy atom. The van der Waals surface area contributed by atoms with Crippen molar-refractivity contribution >= 4 is 40.1 Å². The van der Waals surface area contributed by atoms with Gasteiger partial charge in [-0.15, -0.1) is 11.6 Å². The van der Waals surface area contributed by atoms with Gasteiger partial charge in [0.1, 0.15) is 11.9 Å². The molecule has 1 aliphatic heterocycles. The van der Waals surface area contributed by atoms with Crippen LogP contribution in [0.5, 0.6) is 0 Å². The number of carbonyl (C=O) groups is 2. The summed E-state index contributed by atoms with van der Waals surface area (Å²) in [4.78, 5) is 25.8. The zero-order valence-corrected chi connectivity index (χ0v) is 16.5. The number of rotatable bonds is 5. The van der Waals surface area contributed by atoms with Gasteiger partial charge in [-0.05, 0) is 39.3 Å². The van der Waals surface area contributed by atoms with Crippen molar-refractivity contribution in [2.75, 3.05) is 12.4 Å². The van der Waals surface area contributed by atoms with Crippen LogP contribution in [0.4, 0.5) is 0 Å². The number of hydrogen-bond donors (Lipinski definition) is 0. The normalized spacial score (nSPS) is 23.3. The summed E-state index contributed by atoms with van der Waals surface area (Å²) in [6, 6.07) is -0.565. The van der Waals surface area contributed by atoms with Crippen LogP contribution in [0.1, 0.15) is 6.42 Å². The predicted molar refractivity (Wildman–Crippen MR) is 88.5 cm³/mol. The van der Waals surface area contributed by atoms with E-state index in [4.69, 9.17) is 20.5 Å². The van der Waals surface area contributed by atoms with Crippen LogP contribution in [0, 0.1) is 0 Å². The summed E-state index contributed by atoms with van der Waals surface area (Å²) in [7, 11) is -3.71. The Kier molecular flexibility index (Phi) is 6.05. The molecule has 2 atom stereocenters. The summed E-state index contributed by atoms with van der Waals surface area (Å²) in [6.45, 7) is 12.5. The zero-order chi connectivity index (χ0) is 16.4. The van der Waals surface area contributed by atoms with E-state index in [0.29, 0.717) is 13.0 Å². The third-order valence-corrected chi connectivity index (χ3v) is 4.98. The maximum atomic E-state index is 12.3. The predicted octanol–water partition coefficient (Wildman–Crippen LogP) is 2.42. The van der Waals surface area contributed by atoms with Gasteiger partial charge in [-0.1, -0.05) is 0 Å². The van der Waals surface area contributed by atoms with Gasteiger partial charge in [-0.3, -0.25) is 9.59 Å². The van der Waals surface area contributed by atoms with Crippen LogP contribution in [0.3, 0.4) is 0 Å². The van der Waals surface area contributed by atoms with Gasteiger partial charge >= 0.3 is 5.97 Å². The van der Waals surface area contributed by atoms with Crippen molar-refractivity contribution < 1.29 is 18.4 Å². The number of hydrogen-bond acceptors (Lipinski definition) is 4. The van der Waals surface area contributed by atoms with Gasteiger partial charge in [-0.2, -0.15) is 0 Å². The SMILES string of the molecule is C[Si](C)(C)OC(=O)[C@@H]1C[C@@H](O[Si](C)(C)C)CN1C(=O)CCl. The smallest absolute Gasteiger partial charge is 0.315 e. The molecule has 0 radical (unpaired) electrons. The van der Waals surface area contributed by atoms with E-state index in [0.717, 1.165) is 0 Å². The van der Waals surface area contributed by atoms with Gasteiger partial charge in [0, 0.05) is 13.0 Å². The third kappa shape index (κ3) is 6.09. The van der Waals surface area contributed by atoms with Crippen molar-refractivity contribution in [2.24, 2.45) is 0 Å². The minimum absolute atomic E-state index is 0.108. The largest absolute Gasteiger partial charge is 0.518 e. The van der Waals surface area contributed by atoms with Gasteiger partial charge in [0.2, 0.25) is 14.2 Å². The Bertz CT molecular complexity index is 406. The molecule has 0 aromatic carbocycles. The summed E-state index contributed by atoms with van der Waals surface area (Å²) in [5.74, 6) is -0.693. The minimum atomic E-state index is -1.98. The van der Waals surface area contributed by atoms with E-state index >= 15 is 0 Å². The quantitative estimate of drug-likeness (QED) is 0.564. The molecule has 0 N–H and O–H groups in total. The number of halogens is 1. The molecule has 0 saturated carbocycles. The van der Waals surface area contributed by atoms with E-state index in [1.165, 1.54) is 4.90 Å². The second-order valence-electron chi connectivity index (χ2n) is 7.32. The molecular weight excluding hydrogens is 326 g/mol. The van der Waals surface area contributed by atoms with Gasteiger partial charge in [-0.25, -0.2) is 0 Å². The molecule has 8 heteroatoms. The topological polar surface area (TPSA) is 55.8 Å². The van der Waals surface area contributed by atoms with E-state index in [1.807, 2.05) is 19.6 Å². The van der Waals surface area contributed by atoms with Crippen molar-refractivity contribution in [1.82, 2.24) is 4.90 Å². The number of likely N-dealkylation sites (tertiary alicyclic amines) is 1. The molecule has 122 valence electrons. The summed E-state index contributed by atoms with van der Waals surface area (Å²) < 4.78 is 11.6. The molecule has 1 rings (SSSR count). The lowest BCUT2D eigenvalue weighted by atomic mass is 10.2. The average molecular weight is 352 g/mol. The van der Waals surface area contributed by atoms with Crippen LogP contribution in [0.2, 0.25) is 39.3 Å². The maximum absolute atomic E-state index is 12.3. The van der Waals surface area contributed by atoms with Crippen LogP contribution >= 0.6 is 11.6 Å². The van der Waals surface area contributed by atoms with E-state index in [1.54, 1.807) is 0 Å². The first-order valence-corrected chi connectivity index (χ1v) is 14.5. The average Bonchev–Trinajstić information content (AvgIpc) is 2.67. The summed E-state index contributed by atoms with van der Waals surface area (Å²) in [5, 5.41) is 0. The molecule has 0 aliphatic carbocycles. The molecule has 0 bridgehead atoms. The van der Waals surface area contributed by atoms with Crippen LogP contribution in [0.25, 0.3) is 0 Å². The molecule has 0 spiro atoms. The highest BCUT2D eigenvalue weighted by Gasteiger charge is 2.43. The molecule has 0 aromatic rings. The highest BCUT2D eigenvalue weighted by Crippen LogP contribution is 2.25. The Morgan fingerprint density at radius 1 is 1.14 bits per heavy atom. The lowest BCUT2D eigenvalue weighted by Gasteiger charge is -2.26. The summed E-state index contributed by atoms with van der Waals surface area (Å²) >= 11 is 5.65. The van der Waals surface area contributed by atoms with Crippen LogP contribution in [0.15, 0.2) is 0 Å². The Labute approximate surface area is 134 Å². The van der Waals surface area contributed by atoms with E-state index in [-0.39, 0.29) is 23.9 Å². The second-order valence-corrected chi connectivity index (χ2v) is 16.5. The second kappa shape index (κ2) is 6.81. The minimum Gasteiger partial charge on any atom is -0.518 e. The van der Waals surface area contributed by atoms with Gasteiger partial charge in [0.15, 0.2) is 8.32 Å². The molecule has 0 unspecified atom stereocenters. The Balaban J connectivity index is 2.83. The molecule has 0 aromatic heterocycles. The number of amides is 1. The highest BCUT2D eigenvalue weighted by molar-refractivity contribution is 6.71. The fourth-order valence-corrected chi connectivity index (χ4v) is 4.39. The fraction of sp³-hybridized carbons (Fsp3) is 0.846. The first kappa shape index (κ1) is 18.7. The molecule has 1 heterocycles. The lowest BCUT2D eigenvalue weighted by Crippen LogP contribution is -2.45. The number of nitrogens with zero attached hydrogens (tertiary/aromatic N) is 1. The van der Waals surface area contributed by atoms with Gasteiger partial charge in [0.25, 0.3) is 0 Å². The molecule has 1 aliphatic rings. The maximum Gasteiger partial charge on any atom is 0.315 e. The molecule has 5 nitrogen and oxygen atoms in total. The van der Waals surface area contributed by atoms with E-state index in [9.17, 15) is 9.59 Å². The van der Waals surface area contributed by atoms with Gasteiger partial charge in [0.05, 0.1) is 6.10 Å². The first-order chi connectivity index (χ1) is 9.43. The molecular formula is C13H26ClNO4Si2. The van der Waals surface area contributed by atoms with Crippen molar-refractivity contribution in [3.8, 4) is 0 Å². The van der Waals surface area contributed by atoms with Crippen LogP contribution in [-0.4, -0.2) is 58.0 Å². The highest BCUT2D eigenvalue weighted by atomic mass is 35.5. The van der Waals surface area contributed by atoms with Crippen molar-refractivity contribution in [3.63, 3.8) is 0 Å². The molecule has 1 saturated heterocycles. The van der Waals surface area contributed by atoms with Crippen molar-refractivity contribution in [3.05, 3.63) is 0 Å². The number of carbonyl (C=O) groups excluding carboxylic acids is 2. The molecule has 1 fully saturated rings. The standard InChI is InChI=1S/C13H26ClNO4Si2/c1-20(2,3)18-10-7-11(13(17)19-21(4,5)6)15(9-10)12(16)8-14/h10-11H,7-9H2,1-6H3/t10-,11+/m1/s1. The van der Waals surface area contributed by atoms with Crippen molar-refractivity contribution in [2.45, 2.75) is 57.8 Å². The lowest BCUT2D eigenvalue weighted by molar-refractivity contribution is -0.145. The van der Waals surface area contributed by atoms with Crippen molar-refractivity contribution in [1.29, 1.82) is 0 Å². The Morgan fingerprint density at radius 3 is 2.14 bits per heavy atom. The summed E-state index contributed by atoms with van der Waals surface area (Å²) in [5.41, 5.74) is 0. The van der Waals surface area contributed by atoms with Crippen LogP contribution < -0.4 is 0 Å². The van der Waals surface area contributed by atoms with E-state index < -0.39 is 22.7 Å². The third-order valence-electron chi connectivity index (χ3n) is 2.90. The monoisotopic (exact) mass is 351 g/mol. The first-order valence-electron chi connectivity index (χ1n) is 7.19. The Hall–Kier alpha value is -0.376.